The summed E-state index contributed by atoms with van der Waals surface area (Å²) < 4.78 is 37.5. The molecule has 1 aromatic heterocycles. The number of H-pyrrole nitrogens is 1. The van der Waals surface area contributed by atoms with Gasteiger partial charge in [0.1, 0.15) is 0 Å². The molecule has 0 bridgehead atoms. The largest absolute Gasteiger partial charge is 0.465 e. The van der Waals surface area contributed by atoms with Crippen LogP contribution in [-0.4, -0.2) is 44.3 Å². The van der Waals surface area contributed by atoms with Crippen molar-refractivity contribution in [3.05, 3.63) is 82.7 Å². The first-order valence-corrected chi connectivity index (χ1v) is 11.7. The minimum atomic E-state index is -3.84. The maximum atomic E-state index is 12.9. The Labute approximate surface area is 197 Å². The predicted octanol–water partition coefficient (Wildman–Crippen LogP) is 3.65. The number of carbonyl (C=O) groups excluding carboxylic acids is 3. The third kappa shape index (κ3) is 5.18. The summed E-state index contributed by atoms with van der Waals surface area (Å²) in [5.41, 5.74) is 1.47. The van der Waals surface area contributed by atoms with Crippen LogP contribution in [0.3, 0.4) is 0 Å². The molecule has 2 N–H and O–H groups in total. The van der Waals surface area contributed by atoms with E-state index in [1.165, 1.54) is 50.4 Å². The zero-order valence-corrected chi connectivity index (χ0v) is 19.9. The third-order valence-electron chi connectivity index (χ3n) is 5.13. The van der Waals surface area contributed by atoms with E-state index in [4.69, 9.17) is 9.47 Å². The number of anilines is 1. The molecule has 1 unspecified atom stereocenters. The first kappa shape index (κ1) is 24.7. The second-order valence-electron chi connectivity index (χ2n) is 7.53. The number of ketones is 1. The molecule has 3 aromatic rings. The number of aromatic nitrogens is 1. The van der Waals surface area contributed by atoms with Gasteiger partial charge in [-0.25, -0.2) is 18.0 Å². The molecule has 0 aliphatic rings. The second kappa shape index (κ2) is 9.92. The number of sulfonamides is 1. The van der Waals surface area contributed by atoms with Crippen LogP contribution < -0.4 is 4.72 Å². The predicted molar refractivity (Wildman–Crippen MR) is 125 cm³/mol. The summed E-state index contributed by atoms with van der Waals surface area (Å²) in [6, 6.07) is 13.5. The first-order valence-electron chi connectivity index (χ1n) is 10.3. The highest BCUT2D eigenvalue weighted by atomic mass is 32.2. The number of rotatable bonds is 8. The number of aromatic amines is 1. The Hall–Kier alpha value is -3.92. The third-order valence-corrected chi connectivity index (χ3v) is 6.53. The standard InChI is InChI=1S/C24H24N2O7S/c1-14-20(24(29)32-4)15(2)25-21(14)22(27)16(3)33-23(28)17-9-8-10-18(13-17)26-34(30,31)19-11-6-5-7-12-19/h5-13,16,25-26H,1-4H3. The van der Waals surface area contributed by atoms with E-state index in [0.29, 0.717) is 11.3 Å². The second-order valence-corrected chi connectivity index (χ2v) is 9.21. The Morgan fingerprint density at radius 3 is 2.29 bits per heavy atom. The van der Waals surface area contributed by atoms with Gasteiger partial charge in [-0.3, -0.25) is 9.52 Å². The molecular weight excluding hydrogens is 460 g/mol. The van der Waals surface area contributed by atoms with Gasteiger partial charge in [-0.2, -0.15) is 0 Å². The number of ether oxygens (including phenoxy) is 2. The van der Waals surface area contributed by atoms with Gasteiger partial charge in [-0.15, -0.1) is 0 Å². The van der Waals surface area contributed by atoms with E-state index in [-0.39, 0.29) is 27.4 Å². The van der Waals surface area contributed by atoms with Crippen molar-refractivity contribution in [2.24, 2.45) is 0 Å². The highest BCUT2D eigenvalue weighted by Gasteiger charge is 2.27. The van der Waals surface area contributed by atoms with E-state index in [2.05, 4.69) is 9.71 Å². The Balaban J connectivity index is 1.75. The quantitative estimate of drug-likeness (QED) is 0.368. The van der Waals surface area contributed by atoms with E-state index in [1.807, 2.05) is 0 Å². The minimum Gasteiger partial charge on any atom is -0.465 e. The topological polar surface area (TPSA) is 132 Å². The molecule has 0 aliphatic heterocycles. The molecule has 34 heavy (non-hydrogen) atoms. The molecule has 3 rings (SSSR count). The molecule has 0 fully saturated rings. The van der Waals surface area contributed by atoms with E-state index >= 15 is 0 Å². The van der Waals surface area contributed by atoms with Gasteiger partial charge in [0.25, 0.3) is 10.0 Å². The summed E-state index contributed by atoms with van der Waals surface area (Å²) in [6.45, 7) is 4.64. The van der Waals surface area contributed by atoms with E-state index < -0.39 is 33.8 Å². The molecule has 0 amide bonds. The lowest BCUT2D eigenvalue weighted by atomic mass is 10.1. The SMILES string of the molecule is COC(=O)c1c(C)[nH]c(C(=O)C(C)OC(=O)c2cccc(NS(=O)(=O)c3ccccc3)c2)c1C. The molecule has 9 nitrogen and oxygen atoms in total. The fourth-order valence-corrected chi connectivity index (χ4v) is 4.48. The number of aryl methyl sites for hydroxylation is 1. The van der Waals surface area contributed by atoms with Gasteiger partial charge in [-0.1, -0.05) is 24.3 Å². The number of Topliss-reactive ketones (excluding diaryl/α,β-unsaturated/α-hetero) is 1. The lowest BCUT2D eigenvalue weighted by Crippen LogP contribution is -2.25. The Kier molecular flexibility index (Phi) is 7.21. The van der Waals surface area contributed by atoms with Gasteiger partial charge in [0.15, 0.2) is 6.10 Å². The van der Waals surface area contributed by atoms with Gasteiger partial charge in [-0.05, 0) is 56.7 Å². The smallest absolute Gasteiger partial charge is 0.339 e. The number of methoxy groups -OCH3 is 1. The first-order chi connectivity index (χ1) is 16.0. The van der Waals surface area contributed by atoms with Gasteiger partial charge in [0.2, 0.25) is 5.78 Å². The van der Waals surface area contributed by atoms with Crippen LogP contribution in [0.4, 0.5) is 5.69 Å². The van der Waals surface area contributed by atoms with Gasteiger partial charge in [0.05, 0.1) is 28.8 Å². The molecule has 2 aromatic carbocycles. The van der Waals surface area contributed by atoms with Gasteiger partial charge >= 0.3 is 11.9 Å². The van der Waals surface area contributed by atoms with E-state index in [9.17, 15) is 22.8 Å². The van der Waals surface area contributed by atoms with Crippen LogP contribution >= 0.6 is 0 Å². The number of hydrogen-bond acceptors (Lipinski definition) is 7. The molecule has 1 heterocycles. The maximum Gasteiger partial charge on any atom is 0.339 e. The van der Waals surface area contributed by atoms with Crippen LogP contribution in [0.15, 0.2) is 59.5 Å². The molecule has 178 valence electrons. The summed E-state index contributed by atoms with van der Waals surface area (Å²) in [6.07, 6.45) is -1.17. The van der Waals surface area contributed by atoms with Crippen LogP contribution in [-0.2, 0) is 19.5 Å². The van der Waals surface area contributed by atoms with Crippen molar-refractivity contribution in [3.8, 4) is 0 Å². The Morgan fingerprint density at radius 2 is 1.65 bits per heavy atom. The lowest BCUT2D eigenvalue weighted by Gasteiger charge is -2.13. The van der Waals surface area contributed by atoms with Gasteiger partial charge < -0.3 is 14.5 Å². The van der Waals surface area contributed by atoms with Crippen molar-refractivity contribution in [2.45, 2.75) is 31.8 Å². The monoisotopic (exact) mass is 484 g/mol. The van der Waals surface area contributed by atoms with E-state index in [1.54, 1.807) is 32.0 Å². The van der Waals surface area contributed by atoms with Crippen molar-refractivity contribution < 1.29 is 32.3 Å². The Bertz CT molecular complexity index is 1340. The van der Waals surface area contributed by atoms with Gasteiger partial charge in [0, 0.05) is 11.4 Å². The van der Waals surface area contributed by atoms with Crippen molar-refractivity contribution >= 4 is 33.4 Å². The van der Waals surface area contributed by atoms with Crippen LogP contribution in [0.1, 0.15) is 49.4 Å². The molecular formula is C24H24N2O7S. The lowest BCUT2D eigenvalue weighted by molar-refractivity contribution is 0.0317. The van der Waals surface area contributed by atoms with Crippen LogP contribution in [0, 0.1) is 13.8 Å². The number of nitrogens with one attached hydrogen (secondary N) is 2. The maximum absolute atomic E-state index is 12.9. The number of carbonyl (C=O) groups is 3. The molecule has 10 heteroatoms. The molecule has 0 radical (unpaired) electrons. The average Bonchev–Trinajstić information content (AvgIpc) is 3.12. The number of hydrogen-bond donors (Lipinski definition) is 2. The molecule has 1 atom stereocenters. The molecule has 0 saturated carbocycles. The van der Waals surface area contributed by atoms with Crippen molar-refractivity contribution in [2.75, 3.05) is 11.8 Å². The average molecular weight is 485 g/mol. The van der Waals surface area contributed by atoms with Crippen molar-refractivity contribution in [1.29, 1.82) is 0 Å². The molecule has 0 aliphatic carbocycles. The summed E-state index contributed by atoms with van der Waals surface area (Å²) in [7, 11) is -2.60. The number of esters is 2. The highest BCUT2D eigenvalue weighted by molar-refractivity contribution is 7.92. The number of benzene rings is 2. The molecule has 0 spiro atoms. The zero-order chi connectivity index (χ0) is 25.0. The van der Waals surface area contributed by atoms with Crippen LogP contribution in [0.25, 0.3) is 0 Å². The highest BCUT2D eigenvalue weighted by Crippen LogP contribution is 2.22. The summed E-state index contributed by atoms with van der Waals surface area (Å²) in [5.74, 6) is -1.91. The van der Waals surface area contributed by atoms with E-state index in [0.717, 1.165) is 0 Å². The normalized spacial score (nSPS) is 12.0. The summed E-state index contributed by atoms with van der Waals surface area (Å²) in [4.78, 5) is 40.4. The fourth-order valence-electron chi connectivity index (χ4n) is 3.41. The van der Waals surface area contributed by atoms with Crippen LogP contribution in [0.5, 0.6) is 0 Å². The van der Waals surface area contributed by atoms with Crippen LogP contribution in [0.2, 0.25) is 0 Å². The molecule has 0 saturated heterocycles. The fraction of sp³-hybridized carbons (Fsp3) is 0.208. The minimum absolute atomic E-state index is 0.0579. The van der Waals surface area contributed by atoms with Crippen molar-refractivity contribution in [1.82, 2.24) is 4.98 Å². The summed E-state index contributed by atoms with van der Waals surface area (Å²) >= 11 is 0. The summed E-state index contributed by atoms with van der Waals surface area (Å²) in [5, 5.41) is 0. The Morgan fingerprint density at radius 1 is 0.971 bits per heavy atom. The zero-order valence-electron chi connectivity index (χ0n) is 19.0. The van der Waals surface area contributed by atoms with Crippen molar-refractivity contribution in [3.63, 3.8) is 0 Å².